The SMILES string of the molecule is Cc1ccc(C)c(S(=O)(=O)N2CCN(CCCCCO)CC2)c1. The van der Waals surface area contributed by atoms with Crippen molar-refractivity contribution in [2.75, 3.05) is 39.3 Å². The van der Waals surface area contributed by atoms with E-state index in [0.29, 0.717) is 18.0 Å². The quantitative estimate of drug-likeness (QED) is 0.769. The third kappa shape index (κ3) is 4.76. The number of aryl methyl sites for hydroxylation is 2. The summed E-state index contributed by atoms with van der Waals surface area (Å²) < 4.78 is 27.3. The maximum Gasteiger partial charge on any atom is 0.243 e. The van der Waals surface area contributed by atoms with Gasteiger partial charge in [0, 0.05) is 32.8 Å². The number of benzene rings is 1. The van der Waals surface area contributed by atoms with E-state index in [9.17, 15) is 8.42 Å². The number of unbranched alkanes of at least 4 members (excludes halogenated alkanes) is 2. The molecule has 1 heterocycles. The molecule has 0 aliphatic carbocycles. The van der Waals surface area contributed by atoms with E-state index >= 15 is 0 Å². The van der Waals surface area contributed by atoms with Crippen molar-refractivity contribution in [3.8, 4) is 0 Å². The van der Waals surface area contributed by atoms with E-state index in [1.807, 2.05) is 26.0 Å². The van der Waals surface area contributed by atoms with Crippen LogP contribution in [0.2, 0.25) is 0 Å². The summed E-state index contributed by atoms with van der Waals surface area (Å²) in [5.41, 5.74) is 1.78. The molecule has 0 aromatic heterocycles. The van der Waals surface area contributed by atoms with Gasteiger partial charge < -0.3 is 10.0 Å². The monoisotopic (exact) mass is 340 g/mol. The number of piperazine rings is 1. The molecule has 1 aromatic rings. The number of hydrogen-bond acceptors (Lipinski definition) is 4. The second kappa shape index (κ2) is 8.24. The molecule has 1 fully saturated rings. The van der Waals surface area contributed by atoms with Crippen LogP contribution in [-0.2, 0) is 10.0 Å². The third-order valence-electron chi connectivity index (χ3n) is 4.43. The predicted octanol–water partition coefficient (Wildman–Crippen LogP) is 1.77. The second-order valence-electron chi connectivity index (χ2n) is 6.30. The molecule has 0 radical (unpaired) electrons. The molecule has 1 aromatic carbocycles. The van der Waals surface area contributed by atoms with Crippen molar-refractivity contribution in [3.63, 3.8) is 0 Å². The first-order valence-corrected chi connectivity index (χ1v) is 9.80. The van der Waals surface area contributed by atoms with Crippen LogP contribution in [0, 0.1) is 13.8 Å². The lowest BCUT2D eigenvalue weighted by molar-refractivity contribution is 0.183. The van der Waals surface area contributed by atoms with Crippen LogP contribution in [-0.4, -0.2) is 62.1 Å². The summed E-state index contributed by atoms with van der Waals surface area (Å²) in [5.74, 6) is 0. The minimum absolute atomic E-state index is 0.252. The highest BCUT2D eigenvalue weighted by Crippen LogP contribution is 2.22. The fourth-order valence-electron chi connectivity index (χ4n) is 2.94. The zero-order valence-corrected chi connectivity index (χ0v) is 15.0. The van der Waals surface area contributed by atoms with Crippen LogP contribution >= 0.6 is 0 Å². The molecule has 1 N–H and O–H groups in total. The minimum Gasteiger partial charge on any atom is -0.396 e. The van der Waals surface area contributed by atoms with Gasteiger partial charge in [0.15, 0.2) is 0 Å². The Morgan fingerprint density at radius 1 is 1.04 bits per heavy atom. The number of nitrogens with zero attached hydrogens (tertiary/aromatic N) is 2. The number of hydrogen-bond donors (Lipinski definition) is 1. The summed E-state index contributed by atoms with van der Waals surface area (Å²) in [7, 11) is -3.39. The average Bonchev–Trinajstić information content (AvgIpc) is 2.54. The van der Waals surface area contributed by atoms with Crippen molar-refractivity contribution in [1.82, 2.24) is 9.21 Å². The Balaban J connectivity index is 1.95. The van der Waals surface area contributed by atoms with Gasteiger partial charge in [0.25, 0.3) is 0 Å². The Hall–Kier alpha value is -0.950. The molecular weight excluding hydrogens is 312 g/mol. The molecule has 0 unspecified atom stereocenters. The lowest BCUT2D eigenvalue weighted by atomic mass is 10.2. The Kier molecular flexibility index (Phi) is 6.59. The molecule has 0 spiro atoms. The Morgan fingerprint density at radius 2 is 1.74 bits per heavy atom. The Bertz CT molecular complexity index is 608. The van der Waals surface area contributed by atoms with Gasteiger partial charge in [-0.15, -0.1) is 0 Å². The molecule has 1 aliphatic heterocycles. The van der Waals surface area contributed by atoms with Gasteiger partial charge in [-0.3, -0.25) is 0 Å². The van der Waals surface area contributed by atoms with Crippen molar-refractivity contribution in [3.05, 3.63) is 29.3 Å². The maximum absolute atomic E-state index is 12.8. The average molecular weight is 340 g/mol. The van der Waals surface area contributed by atoms with Crippen LogP contribution < -0.4 is 0 Å². The lowest BCUT2D eigenvalue weighted by Gasteiger charge is -2.34. The first-order chi connectivity index (χ1) is 10.9. The molecule has 5 nitrogen and oxygen atoms in total. The van der Waals surface area contributed by atoms with Crippen molar-refractivity contribution in [2.45, 2.75) is 38.0 Å². The van der Waals surface area contributed by atoms with Gasteiger partial charge in [0.05, 0.1) is 4.90 Å². The Morgan fingerprint density at radius 3 is 2.39 bits per heavy atom. The van der Waals surface area contributed by atoms with Crippen molar-refractivity contribution < 1.29 is 13.5 Å². The lowest BCUT2D eigenvalue weighted by Crippen LogP contribution is -2.48. The zero-order valence-electron chi connectivity index (χ0n) is 14.2. The highest BCUT2D eigenvalue weighted by Gasteiger charge is 2.29. The predicted molar refractivity (Wildman–Crippen MR) is 92.1 cm³/mol. The van der Waals surface area contributed by atoms with Gasteiger partial charge in [-0.25, -0.2) is 8.42 Å². The van der Waals surface area contributed by atoms with E-state index in [2.05, 4.69) is 4.90 Å². The highest BCUT2D eigenvalue weighted by atomic mass is 32.2. The number of aliphatic hydroxyl groups excluding tert-OH is 1. The smallest absolute Gasteiger partial charge is 0.243 e. The molecule has 1 aliphatic rings. The fourth-order valence-corrected chi connectivity index (χ4v) is 4.67. The molecule has 0 amide bonds. The van der Waals surface area contributed by atoms with Crippen LogP contribution in [0.4, 0.5) is 0 Å². The summed E-state index contributed by atoms with van der Waals surface area (Å²) in [5, 5.41) is 8.79. The van der Waals surface area contributed by atoms with E-state index in [0.717, 1.165) is 50.0 Å². The summed E-state index contributed by atoms with van der Waals surface area (Å²) in [4.78, 5) is 2.75. The standard InChI is InChI=1S/C17H28N2O3S/c1-15-6-7-16(2)17(14-15)23(21,22)19-11-9-18(10-12-19)8-4-3-5-13-20/h6-7,14,20H,3-5,8-13H2,1-2H3. The van der Waals surface area contributed by atoms with Gasteiger partial charge >= 0.3 is 0 Å². The van der Waals surface area contributed by atoms with E-state index in [1.165, 1.54) is 0 Å². The first-order valence-electron chi connectivity index (χ1n) is 8.36. The van der Waals surface area contributed by atoms with Crippen LogP contribution in [0.25, 0.3) is 0 Å². The molecule has 23 heavy (non-hydrogen) atoms. The van der Waals surface area contributed by atoms with Gasteiger partial charge in [0.1, 0.15) is 0 Å². The number of rotatable bonds is 7. The molecule has 0 bridgehead atoms. The van der Waals surface area contributed by atoms with E-state index in [-0.39, 0.29) is 6.61 Å². The van der Waals surface area contributed by atoms with Crippen LogP contribution in [0.15, 0.2) is 23.1 Å². The fraction of sp³-hybridized carbons (Fsp3) is 0.647. The largest absolute Gasteiger partial charge is 0.396 e. The molecule has 130 valence electrons. The third-order valence-corrected chi connectivity index (χ3v) is 6.47. The molecule has 0 saturated carbocycles. The van der Waals surface area contributed by atoms with Crippen LogP contribution in [0.1, 0.15) is 30.4 Å². The summed E-state index contributed by atoms with van der Waals surface area (Å²) in [6.07, 6.45) is 2.93. The summed E-state index contributed by atoms with van der Waals surface area (Å²) in [6, 6.07) is 5.59. The topological polar surface area (TPSA) is 60.9 Å². The minimum atomic E-state index is -3.39. The maximum atomic E-state index is 12.8. The second-order valence-corrected chi connectivity index (χ2v) is 8.21. The van der Waals surface area contributed by atoms with Gasteiger partial charge in [-0.05, 0) is 56.8 Å². The van der Waals surface area contributed by atoms with Crippen LogP contribution in [0.3, 0.4) is 0 Å². The van der Waals surface area contributed by atoms with Crippen molar-refractivity contribution >= 4 is 10.0 Å². The molecule has 6 heteroatoms. The van der Waals surface area contributed by atoms with Crippen molar-refractivity contribution in [1.29, 1.82) is 0 Å². The van der Waals surface area contributed by atoms with E-state index in [1.54, 1.807) is 10.4 Å². The molecular formula is C17H28N2O3S. The normalized spacial score (nSPS) is 17.5. The van der Waals surface area contributed by atoms with Crippen molar-refractivity contribution in [2.24, 2.45) is 0 Å². The van der Waals surface area contributed by atoms with E-state index < -0.39 is 10.0 Å². The number of sulfonamides is 1. The number of aliphatic hydroxyl groups is 1. The van der Waals surface area contributed by atoms with Gasteiger partial charge in [-0.1, -0.05) is 12.1 Å². The van der Waals surface area contributed by atoms with Crippen LogP contribution in [0.5, 0.6) is 0 Å². The summed E-state index contributed by atoms with van der Waals surface area (Å²) in [6.45, 7) is 7.67. The highest BCUT2D eigenvalue weighted by molar-refractivity contribution is 7.89. The molecule has 1 saturated heterocycles. The Labute approximate surface area is 140 Å². The molecule has 2 rings (SSSR count). The van der Waals surface area contributed by atoms with Gasteiger partial charge in [0.2, 0.25) is 10.0 Å². The first kappa shape index (κ1) is 18.4. The molecule has 0 atom stereocenters. The summed E-state index contributed by atoms with van der Waals surface area (Å²) >= 11 is 0. The zero-order chi connectivity index (χ0) is 16.9. The van der Waals surface area contributed by atoms with E-state index in [4.69, 9.17) is 5.11 Å². The van der Waals surface area contributed by atoms with Gasteiger partial charge in [-0.2, -0.15) is 4.31 Å².